The first kappa shape index (κ1) is 33.0. The van der Waals surface area contributed by atoms with Gasteiger partial charge in [-0.3, -0.25) is 14.4 Å². The molecule has 3 aromatic rings. The molecule has 0 aliphatic carbocycles. The van der Waals surface area contributed by atoms with E-state index in [0.29, 0.717) is 32.9 Å². The van der Waals surface area contributed by atoms with Gasteiger partial charge in [0.2, 0.25) is 18.3 Å². The zero-order valence-electron chi connectivity index (χ0n) is 25.0. The lowest BCUT2D eigenvalue weighted by Crippen LogP contribution is -2.63. The van der Waals surface area contributed by atoms with E-state index < -0.39 is 60.6 Å². The summed E-state index contributed by atoms with van der Waals surface area (Å²) in [6.07, 6.45) is -7.71. The number of carbonyl (C=O) groups excluding carboxylic acids is 4. The van der Waals surface area contributed by atoms with Gasteiger partial charge < -0.3 is 43.4 Å². The lowest BCUT2D eigenvalue weighted by atomic mass is 9.97. The molecule has 16 heteroatoms. The summed E-state index contributed by atoms with van der Waals surface area (Å²) in [6, 6.07) is 6.73. The Morgan fingerprint density at radius 2 is 1.53 bits per heavy atom. The van der Waals surface area contributed by atoms with Gasteiger partial charge in [-0.15, -0.1) is 0 Å². The molecule has 1 fully saturated rings. The normalized spacial score (nSPS) is 21.0. The summed E-state index contributed by atoms with van der Waals surface area (Å²) in [4.78, 5) is 70.7. The van der Waals surface area contributed by atoms with Gasteiger partial charge in [-0.2, -0.15) is 4.98 Å². The molecule has 240 valence electrons. The second-order valence-electron chi connectivity index (χ2n) is 10.1. The number of aromatic nitrogens is 2. The average Bonchev–Trinajstić information content (AvgIpc) is 3.36. The van der Waals surface area contributed by atoms with Gasteiger partial charge in [0.25, 0.3) is 0 Å². The number of hydrogen-bond acceptors (Lipinski definition) is 13. The number of carboxylic acid groups (broad SMARTS) is 1. The summed E-state index contributed by atoms with van der Waals surface area (Å²) in [7, 11) is 5.10. The van der Waals surface area contributed by atoms with Crippen LogP contribution in [0.2, 0.25) is 5.02 Å². The Hall–Kier alpha value is -4.89. The maximum absolute atomic E-state index is 13.6. The highest BCUT2D eigenvalue weighted by Gasteiger charge is 2.56. The van der Waals surface area contributed by atoms with Crippen molar-refractivity contribution in [3.8, 4) is 17.0 Å². The number of esters is 4. The number of aromatic amines is 1. The first-order valence-electron chi connectivity index (χ1n) is 13.4. The third-order valence-corrected chi connectivity index (χ3v) is 6.96. The van der Waals surface area contributed by atoms with E-state index in [0.717, 1.165) is 20.8 Å². The van der Waals surface area contributed by atoms with Crippen LogP contribution in [0.25, 0.3) is 22.0 Å². The quantitative estimate of drug-likeness (QED) is 0.254. The topological polar surface area (TPSA) is 193 Å². The van der Waals surface area contributed by atoms with E-state index in [4.69, 9.17) is 40.0 Å². The molecule has 45 heavy (non-hydrogen) atoms. The molecule has 0 spiro atoms. The number of pyridine rings is 1. The van der Waals surface area contributed by atoms with Crippen molar-refractivity contribution < 1.29 is 57.5 Å². The minimum absolute atomic E-state index is 0.0250. The number of carbonyl (C=O) groups is 5. The summed E-state index contributed by atoms with van der Waals surface area (Å²) in [5.74, 6) is -4.50. The van der Waals surface area contributed by atoms with E-state index in [-0.39, 0.29) is 11.4 Å². The Kier molecular flexibility index (Phi) is 9.83. The van der Waals surface area contributed by atoms with Crippen LogP contribution >= 0.6 is 11.6 Å². The lowest BCUT2D eigenvalue weighted by Gasteiger charge is -2.42. The SMILES string of the molecule is COc1nc(N(C)C)ccc1-c1cc2c(C(=O)O[C@@H]3O[C@H](C(=O)O)[C@@H](OC(C)=O)[C@H](OC(C)=O)[C@H]3OC(C)=O)c[nH]c2cc1Cl. The Labute approximate surface area is 261 Å². The van der Waals surface area contributed by atoms with E-state index in [1.54, 1.807) is 29.2 Å². The van der Waals surface area contributed by atoms with Crippen LogP contribution in [0.15, 0.2) is 30.5 Å². The lowest BCUT2D eigenvalue weighted by molar-refractivity contribution is -0.288. The molecule has 0 radical (unpaired) electrons. The standard InChI is InChI=1S/C29H30ClN3O12/c1-12(34)41-22-23(42-13(2)35)25(43-14(3)36)29(44-24(22)27(37)38)45-28(39)18-11-31-20-10-19(30)16(9-17(18)20)15-7-8-21(33(4)5)32-26(15)40-6/h7-11,22-25,29,31H,1-6H3,(H,37,38)/t22-,23-,24-,25+,29-/m0/s1. The van der Waals surface area contributed by atoms with Crippen LogP contribution in [-0.4, -0.2) is 96.8 Å². The molecule has 1 aliphatic rings. The Morgan fingerprint density at radius 3 is 2.11 bits per heavy atom. The van der Waals surface area contributed by atoms with Gasteiger partial charge in [-0.1, -0.05) is 11.6 Å². The van der Waals surface area contributed by atoms with Crippen molar-refractivity contribution in [1.29, 1.82) is 0 Å². The molecule has 2 N–H and O–H groups in total. The Morgan fingerprint density at radius 1 is 0.911 bits per heavy atom. The third-order valence-electron chi connectivity index (χ3n) is 6.64. The Balaban J connectivity index is 1.75. The van der Waals surface area contributed by atoms with Gasteiger partial charge in [0.1, 0.15) is 5.82 Å². The number of carboxylic acids is 1. The molecule has 15 nitrogen and oxygen atoms in total. The van der Waals surface area contributed by atoms with Crippen LogP contribution < -0.4 is 9.64 Å². The van der Waals surface area contributed by atoms with Gasteiger partial charge in [0.15, 0.2) is 18.3 Å². The summed E-state index contributed by atoms with van der Waals surface area (Å²) < 4.78 is 32.1. The highest BCUT2D eigenvalue weighted by atomic mass is 35.5. The van der Waals surface area contributed by atoms with Gasteiger partial charge in [-0.05, 0) is 24.3 Å². The largest absolute Gasteiger partial charge is 0.480 e. The second-order valence-corrected chi connectivity index (χ2v) is 10.5. The van der Waals surface area contributed by atoms with E-state index in [9.17, 15) is 29.1 Å². The van der Waals surface area contributed by atoms with E-state index in [1.165, 1.54) is 13.3 Å². The van der Waals surface area contributed by atoms with Crippen molar-refractivity contribution in [2.24, 2.45) is 0 Å². The fourth-order valence-corrected chi connectivity index (χ4v) is 5.06. The highest BCUT2D eigenvalue weighted by molar-refractivity contribution is 6.34. The summed E-state index contributed by atoms with van der Waals surface area (Å²) >= 11 is 6.60. The molecule has 2 aromatic heterocycles. The van der Waals surface area contributed by atoms with Crippen molar-refractivity contribution in [3.05, 3.63) is 41.0 Å². The van der Waals surface area contributed by atoms with Gasteiger partial charge >= 0.3 is 29.8 Å². The molecule has 4 rings (SSSR count). The molecule has 3 heterocycles. The first-order chi connectivity index (χ1) is 21.2. The number of halogens is 1. The van der Waals surface area contributed by atoms with E-state index in [2.05, 4.69) is 9.97 Å². The number of ether oxygens (including phenoxy) is 6. The number of fused-ring (bicyclic) bond motifs is 1. The predicted molar refractivity (Wildman–Crippen MR) is 156 cm³/mol. The zero-order valence-corrected chi connectivity index (χ0v) is 25.7. The van der Waals surface area contributed by atoms with Crippen molar-refractivity contribution in [3.63, 3.8) is 0 Å². The molecule has 1 aliphatic heterocycles. The molecule has 0 bridgehead atoms. The van der Waals surface area contributed by atoms with Crippen LogP contribution in [-0.2, 0) is 42.9 Å². The average molecular weight is 648 g/mol. The predicted octanol–water partition coefficient (Wildman–Crippen LogP) is 2.72. The minimum atomic E-state index is -1.97. The molecule has 1 saturated heterocycles. The second kappa shape index (κ2) is 13.4. The van der Waals surface area contributed by atoms with Crippen molar-refractivity contribution >= 4 is 58.2 Å². The van der Waals surface area contributed by atoms with E-state index >= 15 is 0 Å². The van der Waals surface area contributed by atoms with Crippen LogP contribution in [0.3, 0.4) is 0 Å². The maximum atomic E-state index is 13.6. The smallest absolute Gasteiger partial charge is 0.342 e. The van der Waals surface area contributed by atoms with Crippen LogP contribution in [0.4, 0.5) is 5.82 Å². The Bertz CT molecular complexity index is 1650. The number of rotatable bonds is 9. The van der Waals surface area contributed by atoms with Gasteiger partial charge in [-0.25, -0.2) is 9.59 Å². The monoisotopic (exact) mass is 647 g/mol. The number of H-pyrrole nitrogens is 1. The van der Waals surface area contributed by atoms with Crippen LogP contribution in [0, 0.1) is 0 Å². The third kappa shape index (κ3) is 7.10. The van der Waals surface area contributed by atoms with Crippen molar-refractivity contribution in [2.75, 3.05) is 26.1 Å². The molecule has 1 aromatic carbocycles. The van der Waals surface area contributed by atoms with Crippen molar-refractivity contribution in [1.82, 2.24) is 9.97 Å². The van der Waals surface area contributed by atoms with Gasteiger partial charge in [0.05, 0.1) is 17.7 Å². The summed E-state index contributed by atoms with van der Waals surface area (Å²) in [5, 5.41) is 10.5. The number of aliphatic carboxylic acids is 1. The fraction of sp³-hybridized carbons (Fsp3) is 0.379. The number of anilines is 1. The van der Waals surface area contributed by atoms with Crippen molar-refractivity contribution in [2.45, 2.75) is 51.5 Å². The maximum Gasteiger partial charge on any atom is 0.342 e. The van der Waals surface area contributed by atoms with Crippen LogP contribution in [0.1, 0.15) is 31.1 Å². The number of nitrogens with zero attached hydrogens (tertiary/aromatic N) is 2. The number of nitrogens with one attached hydrogen (secondary N) is 1. The molecular formula is C29H30ClN3O12. The number of hydrogen-bond donors (Lipinski definition) is 2. The summed E-state index contributed by atoms with van der Waals surface area (Å²) in [5.41, 5.74) is 1.43. The zero-order chi connectivity index (χ0) is 33.2. The molecule has 0 unspecified atom stereocenters. The first-order valence-corrected chi connectivity index (χ1v) is 13.7. The molecular weight excluding hydrogens is 618 g/mol. The van der Waals surface area contributed by atoms with Crippen LogP contribution in [0.5, 0.6) is 5.88 Å². The molecule has 0 amide bonds. The number of benzene rings is 1. The fourth-order valence-electron chi connectivity index (χ4n) is 4.80. The summed E-state index contributed by atoms with van der Waals surface area (Å²) in [6.45, 7) is 3.03. The molecule has 0 saturated carbocycles. The minimum Gasteiger partial charge on any atom is -0.480 e. The molecule has 5 atom stereocenters. The van der Waals surface area contributed by atoms with Gasteiger partial charge in [0, 0.05) is 63.1 Å². The highest BCUT2D eigenvalue weighted by Crippen LogP contribution is 2.39. The van der Waals surface area contributed by atoms with E-state index in [1.807, 2.05) is 14.1 Å². The number of methoxy groups -OCH3 is 1.